The molecule has 0 aliphatic carbocycles. The Balaban J connectivity index is 1.89. The predicted molar refractivity (Wildman–Crippen MR) is 78.3 cm³/mol. The fraction of sp³-hybridized carbons (Fsp3) is 0.214. The number of aromatic nitrogens is 3. The maximum absolute atomic E-state index is 13.6. The highest BCUT2D eigenvalue weighted by atomic mass is 32.1. The first-order chi connectivity index (χ1) is 10.2. The number of aryl methyl sites for hydroxylation is 1. The molecule has 3 aromatic rings. The Labute approximate surface area is 124 Å². The largest absolute Gasteiger partial charge is 0.332 e. The third kappa shape index (κ3) is 2.84. The fourth-order valence-electron chi connectivity index (χ4n) is 1.82. The number of nitrogens with zero attached hydrogens (tertiary/aromatic N) is 3. The molecule has 0 saturated carbocycles. The van der Waals surface area contributed by atoms with Crippen molar-refractivity contribution in [1.29, 1.82) is 0 Å². The van der Waals surface area contributed by atoms with Crippen LogP contribution in [0.25, 0.3) is 23.0 Å². The van der Waals surface area contributed by atoms with Crippen molar-refractivity contribution in [2.45, 2.75) is 13.3 Å². The molecule has 0 atom stereocenters. The van der Waals surface area contributed by atoms with Gasteiger partial charge >= 0.3 is 0 Å². The summed E-state index contributed by atoms with van der Waals surface area (Å²) in [7, 11) is 0. The minimum Gasteiger partial charge on any atom is -0.332 e. The zero-order valence-electron chi connectivity index (χ0n) is 11.3. The first-order valence-electron chi connectivity index (χ1n) is 6.42. The summed E-state index contributed by atoms with van der Waals surface area (Å²) in [6.07, 6.45) is 0.717. The molecule has 0 fully saturated rings. The molecular weight excluding hydrogens is 291 g/mol. The highest BCUT2D eigenvalue weighted by Crippen LogP contribution is 2.24. The van der Waals surface area contributed by atoms with Crippen LogP contribution in [0.15, 0.2) is 28.1 Å². The molecule has 1 aromatic carbocycles. The van der Waals surface area contributed by atoms with Gasteiger partial charge in [0.1, 0.15) is 11.5 Å². The number of nitrogens with two attached hydrogens (primary N) is 1. The topological polar surface area (TPSA) is 77.8 Å². The highest BCUT2D eigenvalue weighted by molar-refractivity contribution is 7.09. The Morgan fingerprint density at radius 2 is 2.19 bits per heavy atom. The molecule has 2 N–H and O–H groups in total. The molecule has 7 heteroatoms. The van der Waals surface area contributed by atoms with Gasteiger partial charge in [-0.25, -0.2) is 9.37 Å². The molecule has 0 saturated heterocycles. The second kappa shape index (κ2) is 5.71. The summed E-state index contributed by atoms with van der Waals surface area (Å²) in [5.41, 5.74) is 7.27. The van der Waals surface area contributed by atoms with Gasteiger partial charge in [0.2, 0.25) is 5.82 Å². The van der Waals surface area contributed by atoms with Gasteiger partial charge in [0, 0.05) is 17.4 Å². The van der Waals surface area contributed by atoms with E-state index in [1.54, 1.807) is 19.1 Å². The van der Waals surface area contributed by atoms with E-state index in [0.29, 0.717) is 35.1 Å². The minimum atomic E-state index is -0.294. The standard InChI is InChI=1S/C14H13FN4OS/c1-8-2-3-9(6-10(8)15)13-18-14(20-19-13)11-7-21-12(17-11)4-5-16/h2-3,6-7H,4-5,16H2,1H3. The van der Waals surface area contributed by atoms with E-state index in [4.69, 9.17) is 10.3 Å². The van der Waals surface area contributed by atoms with E-state index < -0.39 is 0 Å². The Hall–Kier alpha value is -2.12. The van der Waals surface area contributed by atoms with Crippen LogP contribution in [-0.2, 0) is 6.42 Å². The molecule has 0 amide bonds. The minimum absolute atomic E-state index is 0.294. The van der Waals surface area contributed by atoms with Crippen LogP contribution in [0.1, 0.15) is 10.6 Å². The van der Waals surface area contributed by atoms with E-state index in [0.717, 1.165) is 11.4 Å². The van der Waals surface area contributed by atoms with E-state index in [9.17, 15) is 4.39 Å². The van der Waals surface area contributed by atoms with Crippen molar-refractivity contribution in [2.24, 2.45) is 5.73 Å². The van der Waals surface area contributed by atoms with Gasteiger partial charge in [-0.1, -0.05) is 17.3 Å². The van der Waals surface area contributed by atoms with Gasteiger partial charge in [0.25, 0.3) is 5.89 Å². The average Bonchev–Trinajstić information content (AvgIpc) is 3.11. The van der Waals surface area contributed by atoms with Crippen LogP contribution in [0.3, 0.4) is 0 Å². The monoisotopic (exact) mass is 304 g/mol. The zero-order valence-corrected chi connectivity index (χ0v) is 12.2. The second-order valence-electron chi connectivity index (χ2n) is 4.55. The molecule has 2 aromatic heterocycles. The summed E-state index contributed by atoms with van der Waals surface area (Å²) in [6.45, 7) is 2.25. The molecule has 0 aliphatic heterocycles. The molecule has 0 spiro atoms. The molecule has 21 heavy (non-hydrogen) atoms. The van der Waals surface area contributed by atoms with Gasteiger partial charge in [-0.05, 0) is 25.1 Å². The Morgan fingerprint density at radius 3 is 2.95 bits per heavy atom. The van der Waals surface area contributed by atoms with Crippen molar-refractivity contribution in [3.05, 3.63) is 40.0 Å². The summed E-state index contributed by atoms with van der Waals surface area (Å²) >= 11 is 1.50. The van der Waals surface area contributed by atoms with E-state index in [1.165, 1.54) is 17.4 Å². The first-order valence-corrected chi connectivity index (χ1v) is 7.30. The maximum atomic E-state index is 13.6. The Kier molecular flexibility index (Phi) is 3.76. The van der Waals surface area contributed by atoms with E-state index in [-0.39, 0.29) is 5.82 Å². The molecule has 0 aliphatic rings. The number of benzene rings is 1. The van der Waals surface area contributed by atoms with Crippen molar-refractivity contribution >= 4 is 11.3 Å². The summed E-state index contributed by atoms with van der Waals surface area (Å²) in [5.74, 6) is 0.375. The summed E-state index contributed by atoms with van der Waals surface area (Å²) < 4.78 is 18.8. The number of hydrogen-bond acceptors (Lipinski definition) is 6. The zero-order chi connectivity index (χ0) is 14.8. The lowest BCUT2D eigenvalue weighted by Gasteiger charge is -1.97. The van der Waals surface area contributed by atoms with Crippen LogP contribution in [0.5, 0.6) is 0 Å². The maximum Gasteiger partial charge on any atom is 0.277 e. The van der Waals surface area contributed by atoms with Crippen molar-refractivity contribution in [1.82, 2.24) is 15.1 Å². The van der Waals surface area contributed by atoms with Gasteiger partial charge < -0.3 is 10.3 Å². The highest BCUT2D eigenvalue weighted by Gasteiger charge is 2.14. The molecule has 0 unspecified atom stereocenters. The lowest BCUT2D eigenvalue weighted by molar-refractivity contribution is 0.431. The number of rotatable bonds is 4. The van der Waals surface area contributed by atoms with Gasteiger partial charge in [-0.15, -0.1) is 11.3 Å². The van der Waals surface area contributed by atoms with Crippen molar-refractivity contribution in [2.75, 3.05) is 6.54 Å². The van der Waals surface area contributed by atoms with Gasteiger partial charge in [-0.3, -0.25) is 0 Å². The first kappa shape index (κ1) is 13.8. The number of halogens is 1. The molecule has 0 radical (unpaired) electrons. The molecule has 2 heterocycles. The van der Waals surface area contributed by atoms with E-state index >= 15 is 0 Å². The van der Waals surface area contributed by atoms with Gasteiger partial charge in [0.15, 0.2) is 0 Å². The molecule has 3 rings (SSSR count). The second-order valence-corrected chi connectivity index (χ2v) is 5.49. The van der Waals surface area contributed by atoms with Crippen LogP contribution >= 0.6 is 11.3 Å². The smallest absolute Gasteiger partial charge is 0.277 e. The predicted octanol–water partition coefficient (Wildman–Crippen LogP) is 2.81. The van der Waals surface area contributed by atoms with Crippen LogP contribution in [0.2, 0.25) is 0 Å². The van der Waals surface area contributed by atoms with Crippen molar-refractivity contribution < 1.29 is 8.91 Å². The molecule has 108 valence electrons. The molecule has 0 bridgehead atoms. The third-order valence-electron chi connectivity index (χ3n) is 2.99. The fourth-order valence-corrected chi connectivity index (χ4v) is 2.61. The SMILES string of the molecule is Cc1ccc(-c2noc(-c3csc(CCN)n3)n2)cc1F. The lowest BCUT2D eigenvalue weighted by Crippen LogP contribution is -2.01. The lowest BCUT2D eigenvalue weighted by atomic mass is 10.1. The normalized spacial score (nSPS) is 11.0. The number of thiazole rings is 1. The van der Waals surface area contributed by atoms with E-state index in [1.807, 2.05) is 5.38 Å². The van der Waals surface area contributed by atoms with E-state index in [2.05, 4.69) is 15.1 Å². The quantitative estimate of drug-likeness (QED) is 0.802. The number of hydrogen-bond donors (Lipinski definition) is 1. The van der Waals surface area contributed by atoms with Crippen LogP contribution in [-0.4, -0.2) is 21.7 Å². The van der Waals surface area contributed by atoms with Crippen molar-refractivity contribution in [3.8, 4) is 23.0 Å². The third-order valence-corrected chi connectivity index (χ3v) is 3.89. The van der Waals surface area contributed by atoms with Gasteiger partial charge in [-0.2, -0.15) is 4.98 Å². The molecule has 5 nitrogen and oxygen atoms in total. The summed E-state index contributed by atoms with van der Waals surface area (Å²) in [5, 5.41) is 6.65. The van der Waals surface area contributed by atoms with Crippen molar-refractivity contribution in [3.63, 3.8) is 0 Å². The van der Waals surface area contributed by atoms with Gasteiger partial charge in [0.05, 0.1) is 5.01 Å². The average molecular weight is 304 g/mol. The summed E-state index contributed by atoms with van der Waals surface area (Å²) in [6, 6.07) is 4.84. The van der Waals surface area contributed by atoms with Crippen LogP contribution in [0.4, 0.5) is 4.39 Å². The molecular formula is C14H13FN4OS. The summed E-state index contributed by atoms with van der Waals surface area (Å²) in [4.78, 5) is 8.64. The van der Waals surface area contributed by atoms with Crippen LogP contribution < -0.4 is 5.73 Å². The van der Waals surface area contributed by atoms with Crippen LogP contribution in [0, 0.1) is 12.7 Å². The Morgan fingerprint density at radius 1 is 1.33 bits per heavy atom. The Bertz CT molecular complexity index is 768.